The smallest absolute Gasteiger partial charge is 0.416 e. The van der Waals surface area contributed by atoms with Crippen LogP contribution in [0.4, 0.5) is 13.2 Å². The first kappa shape index (κ1) is 16.6. The van der Waals surface area contributed by atoms with Crippen molar-refractivity contribution in [3.8, 4) is 5.75 Å². The van der Waals surface area contributed by atoms with Gasteiger partial charge in [0, 0.05) is 17.4 Å². The van der Waals surface area contributed by atoms with Crippen molar-refractivity contribution >= 4 is 11.4 Å². The first-order chi connectivity index (χ1) is 10.1. The van der Waals surface area contributed by atoms with E-state index in [-0.39, 0.29) is 11.2 Å². The second kappa shape index (κ2) is 5.78. The number of allylic oxidation sites excluding steroid dienone is 1. The van der Waals surface area contributed by atoms with E-state index in [2.05, 4.69) is 0 Å². The number of fused-ring (bicyclic) bond motifs is 1. The number of hydrogen-bond acceptors (Lipinski definition) is 2. The van der Waals surface area contributed by atoms with Crippen molar-refractivity contribution in [1.82, 2.24) is 0 Å². The molecule has 1 aromatic carbocycles. The second-order valence-corrected chi connectivity index (χ2v) is 6.36. The van der Waals surface area contributed by atoms with Crippen LogP contribution in [-0.4, -0.2) is 12.4 Å². The molecule has 1 aliphatic heterocycles. The van der Waals surface area contributed by atoms with Crippen LogP contribution < -0.4 is 4.74 Å². The van der Waals surface area contributed by atoms with Crippen molar-refractivity contribution in [1.29, 1.82) is 0 Å². The zero-order chi connectivity index (χ0) is 16.5. The third-order valence-electron chi connectivity index (χ3n) is 3.56. The summed E-state index contributed by atoms with van der Waals surface area (Å²) in [4.78, 5) is 11.2. The predicted octanol–water partition coefficient (Wildman–Crippen LogP) is 4.88. The summed E-state index contributed by atoms with van der Waals surface area (Å²) < 4.78 is 44.5. The summed E-state index contributed by atoms with van der Waals surface area (Å²) in [6, 6.07) is 3.50. The van der Waals surface area contributed by atoms with Gasteiger partial charge < -0.3 is 9.53 Å². The van der Waals surface area contributed by atoms with Gasteiger partial charge in [-0.05, 0) is 37.1 Å². The molecule has 1 aliphatic rings. The lowest BCUT2D eigenvalue weighted by Crippen LogP contribution is -2.17. The SMILES string of the molecule is CC(=O)CCC1=CC(C)(C)COc2ccc(C(F)(F)F)cc21. The molecule has 0 saturated heterocycles. The Bertz CT molecular complexity index is 613. The highest BCUT2D eigenvalue weighted by molar-refractivity contribution is 5.80. The summed E-state index contributed by atoms with van der Waals surface area (Å²) in [5.74, 6) is 0.450. The fourth-order valence-corrected chi connectivity index (χ4v) is 2.46. The zero-order valence-electron chi connectivity index (χ0n) is 12.9. The number of benzene rings is 1. The standard InChI is InChI=1S/C17H19F3O2/c1-11(21)4-5-12-9-16(2,3)10-22-15-7-6-13(8-14(12)15)17(18,19)20/h6-9H,4-5,10H2,1-3H3. The Labute approximate surface area is 128 Å². The lowest BCUT2D eigenvalue weighted by molar-refractivity contribution is -0.137. The quantitative estimate of drug-likeness (QED) is 0.795. The van der Waals surface area contributed by atoms with Crippen molar-refractivity contribution in [3.63, 3.8) is 0 Å². The highest BCUT2D eigenvalue weighted by Crippen LogP contribution is 2.40. The van der Waals surface area contributed by atoms with Gasteiger partial charge in [0.1, 0.15) is 11.5 Å². The Kier molecular flexibility index (Phi) is 4.36. The molecule has 22 heavy (non-hydrogen) atoms. The molecule has 2 rings (SSSR count). The molecular weight excluding hydrogens is 293 g/mol. The molecule has 0 spiro atoms. The van der Waals surface area contributed by atoms with Gasteiger partial charge in [-0.25, -0.2) is 0 Å². The van der Waals surface area contributed by atoms with E-state index >= 15 is 0 Å². The molecule has 1 aromatic rings. The number of halogens is 3. The molecule has 0 bridgehead atoms. The summed E-state index contributed by atoms with van der Waals surface area (Å²) in [6.07, 6.45) is -1.77. The molecular formula is C17H19F3O2. The highest BCUT2D eigenvalue weighted by Gasteiger charge is 2.32. The summed E-state index contributed by atoms with van der Waals surface area (Å²) in [5.41, 5.74) is 0.160. The van der Waals surface area contributed by atoms with Crippen LogP contribution in [0.15, 0.2) is 24.3 Å². The number of hydrogen-bond donors (Lipinski definition) is 0. The molecule has 0 atom stereocenters. The van der Waals surface area contributed by atoms with Gasteiger partial charge in [0.15, 0.2) is 0 Å². The normalized spacial score (nSPS) is 17.1. The van der Waals surface area contributed by atoms with Crippen LogP contribution in [0.5, 0.6) is 5.75 Å². The first-order valence-electron chi connectivity index (χ1n) is 7.14. The van der Waals surface area contributed by atoms with Gasteiger partial charge in [-0.15, -0.1) is 0 Å². The second-order valence-electron chi connectivity index (χ2n) is 6.36. The van der Waals surface area contributed by atoms with E-state index in [0.717, 1.165) is 17.7 Å². The Morgan fingerprint density at radius 3 is 2.59 bits per heavy atom. The molecule has 0 aliphatic carbocycles. The Balaban J connectivity index is 2.49. The van der Waals surface area contributed by atoms with Crippen molar-refractivity contribution in [2.24, 2.45) is 5.41 Å². The van der Waals surface area contributed by atoms with Gasteiger partial charge in [-0.2, -0.15) is 13.2 Å². The summed E-state index contributed by atoms with van der Waals surface area (Å²) >= 11 is 0. The van der Waals surface area contributed by atoms with Crippen molar-refractivity contribution < 1.29 is 22.7 Å². The van der Waals surface area contributed by atoms with E-state index in [1.165, 1.54) is 13.0 Å². The Morgan fingerprint density at radius 2 is 2.00 bits per heavy atom. The van der Waals surface area contributed by atoms with Gasteiger partial charge >= 0.3 is 6.18 Å². The number of ketones is 1. The molecule has 2 nitrogen and oxygen atoms in total. The topological polar surface area (TPSA) is 26.3 Å². The van der Waals surface area contributed by atoms with E-state index < -0.39 is 11.7 Å². The molecule has 1 heterocycles. The Morgan fingerprint density at radius 1 is 1.32 bits per heavy atom. The molecule has 0 saturated carbocycles. The third-order valence-corrected chi connectivity index (χ3v) is 3.56. The number of rotatable bonds is 3. The maximum Gasteiger partial charge on any atom is 0.416 e. The van der Waals surface area contributed by atoms with E-state index in [0.29, 0.717) is 30.8 Å². The van der Waals surface area contributed by atoms with Gasteiger partial charge in [-0.3, -0.25) is 0 Å². The number of carbonyl (C=O) groups excluding carboxylic acids is 1. The summed E-state index contributed by atoms with van der Waals surface area (Å²) in [6.45, 7) is 5.77. The first-order valence-corrected chi connectivity index (χ1v) is 7.14. The van der Waals surface area contributed by atoms with Gasteiger partial charge in [0.05, 0.1) is 12.2 Å². The van der Waals surface area contributed by atoms with Crippen molar-refractivity contribution in [2.45, 2.75) is 39.8 Å². The molecule has 0 N–H and O–H groups in total. The van der Waals surface area contributed by atoms with Crippen LogP contribution in [0.2, 0.25) is 0 Å². The number of alkyl halides is 3. The number of carbonyl (C=O) groups is 1. The molecule has 0 fully saturated rings. The maximum absolute atomic E-state index is 12.9. The third kappa shape index (κ3) is 3.90. The van der Waals surface area contributed by atoms with Crippen LogP contribution in [-0.2, 0) is 11.0 Å². The minimum Gasteiger partial charge on any atom is -0.492 e. The van der Waals surface area contributed by atoms with E-state index in [1.807, 2.05) is 19.9 Å². The van der Waals surface area contributed by atoms with Crippen molar-refractivity contribution in [3.05, 3.63) is 35.4 Å². The average Bonchev–Trinajstić information content (AvgIpc) is 2.52. The fourth-order valence-electron chi connectivity index (χ4n) is 2.46. The molecule has 5 heteroatoms. The minimum absolute atomic E-state index is 0.0115. The van der Waals surface area contributed by atoms with Crippen molar-refractivity contribution in [2.75, 3.05) is 6.61 Å². The van der Waals surface area contributed by atoms with Gasteiger partial charge in [0.2, 0.25) is 0 Å². The molecule has 0 radical (unpaired) electrons. The molecule has 120 valence electrons. The summed E-state index contributed by atoms with van der Waals surface area (Å²) in [7, 11) is 0. The number of Topliss-reactive ketones (excluding diaryl/α,β-unsaturated/α-hetero) is 1. The lowest BCUT2D eigenvalue weighted by Gasteiger charge is -2.18. The Hall–Kier alpha value is -1.78. The highest BCUT2D eigenvalue weighted by atomic mass is 19.4. The van der Waals surface area contributed by atoms with E-state index in [9.17, 15) is 18.0 Å². The van der Waals surface area contributed by atoms with E-state index in [1.54, 1.807) is 0 Å². The zero-order valence-corrected chi connectivity index (χ0v) is 12.9. The molecule has 0 amide bonds. The fraction of sp³-hybridized carbons (Fsp3) is 0.471. The van der Waals surface area contributed by atoms with Gasteiger partial charge in [-0.1, -0.05) is 19.9 Å². The summed E-state index contributed by atoms with van der Waals surface area (Å²) in [5, 5.41) is 0. The maximum atomic E-state index is 12.9. The molecule has 0 unspecified atom stereocenters. The minimum atomic E-state index is -4.40. The predicted molar refractivity (Wildman–Crippen MR) is 78.6 cm³/mol. The monoisotopic (exact) mass is 312 g/mol. The van der Waals surface area contributed by atoms with Crippen LogP contribution in [0, 0.1) is 5.41 Å². The van der Waals surface area contributed by atoms with Gasteiger partial charge in [0.25, 0.3) is 0 Å². The average molecular weight is 312 g/mol. The van der Waals surface area contributed by atoms with Crippen LogP contribution >= 0.6 is 0 Å². The van der Waals surface area contributed by atoms with Crippen LogP contribution in [0.1, 0.15) is 44.7 Å². The largest absolute Gasteiger partial charge is 0.492 e. The number of ether oxygens (including phenoxy) is 1. The van der Waals surface area contributed by atoms with Crippen LogP contribution in [0.25, 0.3) is 5.57 Å². The van der Waals surface area contributed by atoms with Crippen LogP contribution in [0.3, 0.4) is 0 Å². The van der Waals surface area contributed by atoms with E-state index in [4.69, 9.17) is 4.74 Å². The molecule has 0 aromatic heterocycles. The lowest BCUT2D eigenvalue weighted by atomic mass is 9.88.